The van der Waals surface area contributed by atoms with E-state index in [1.165, 1.54) is 26.4 Å². The van der Waals surface area contributed by atoms with Gasteiger partial charge in [-0.15, -0.1) is 0 Å². The Morgan fingerprint density at radius 1 is 1.10 bits per heavy atom. The number of carbonyl (C=O) groups excluding carboxylic acids is 1. The van der Waals surface area contributed by atoms with Crippen molar-refractivity contribution in [3.8, 4) is 11.5 Å². The van der Waals surface area contributed by atoms with Gasteiger partial charge in [-0.1, -0.05) is 12.1 Å². The molecule has 0 saturated heterocycles. The van der Waals surface area contributed by atoms with Crippen molar-refractivity contribution in [2.45, 2.75) is 19.5 Å². The normalized spacial score (nSPS) is 11.4. The van der Waals surface area contributed by atoms with E-state index in [-0.39, 0.29) is 22.6 Å². The van der Waals surface area contributed by atoms with E-state index < -0.39 is 29.7 Å². The molecule has 30 heavy (non-hydrogen) atoms. The number of alkyl halides is 3. The molecular formula is C21H18F3NO5. The lowest BCUT2D eigenvalue weighted by atomic mass is 10.0. The summed E-state index contributed by atoms with van der Waals surface area (Å²) in [6.45, 7) is 1.62. The molecule has 1 N–H and O–H groups in total. The number of anilines is 1. The summed E-state index contributed by atoms with van der Waals surface area (Å²) in [7, 11) is 2.83. The zero-order chi connectivity index (χ0) is 22.1. The van der Waals surface area contributed by atoms with Gasteiger partial charge in [-0.25, -0.2) is 4.79 Å². The van der Waals surface area contributed by atoms with Crippen molar-refractivity contribution < 1.29 is 31.9 Å². The number of fused-ring (bicyclic) bond motifs is 1. The Balaban J connectivity index is 1.97. The first-order valence-corrected chi connectivity index (χ1v) is 8.80. The van der Waals surface area contributed by atoms with Crippen LogP contribution in [0.1, 0.15) is 16.7 Å². The highest BCUT2D eigenvalue weighted by Crippen LogP contribution is 2.37. The van der Waals surface area contributed by atoms with Gasteiger partial charge in [0.2, 0.25) is 11.7 Å². The third-order valence-electron chi connectivity index (χ3n) is 4.64. The van der Waals surface area contributed by atoms with Gasteiger partial charge in [-0.3, -0.25) is 4.79 Å². The highest BCUT2D eigenvalue weighted by Gasteiger charge is 2.33. The lowest BCUT2D eigenvalue weighted by Crippen LogP contribution is -2.22. The summed E-state index contributed by atoms with van der Waals surface area (Å²) in [5, 5.41) is 2.74. The Kier molecular flexibility index (Phi) is 5.73. The van der Waals surface area contributed by atoms with Gasteiger partial charge in [0.1, 0.15) is 0 Å². The minimum absolute atomic E-state index is 0.0386. The zero-order valence-corrected chi connectivity index (χ0v) is 16.3. The Morgan fingerprint density at radius 2 is 1.80 bits per heavy atom. The van der Waals surface area contributed by atoms with E-state index in [0.29, 0.717) is 16.7 Å². The van der Waals surface area contributed by atoms with Crippen molar-refractivity contribution in [1.82, 2.24) is 0 Å². The molecule has 158 valence electrons. The quantitative estimate of drug-likeness (QED) is 0.621. The van der Waals surface area contributed by atoms with Crippen molar-refractivity contribution in [3.63, 3.8) is 0 Å². The maximum atomic E-state index is 13.1. The summed E-state index contributed by atoms with van der Waals surface area (Å²) in [4.78, 5) is 24.9. The molecule has 1 amide bonds. The van der Waals surface area contributed by atoms with Crippen molar-refractivity contribution in [1.29, 1.82) is 0 Å². The van der Waals surface area contributed by atoms with Crippen molar-refractivity contribution in [2.75, 3.05) is 19.5 Å². The zero-order valence-electron chi connectivity index (χ0n) is 16.3. The van der Waals surface area contributed by atoms with Crippen LogP contribution in [0.2, 0.25) is 0 Å². The molecule has 2 aromatic carbocycles. The van der Waals surface area contributed by atoms with Crippen molar-refractivity contribution >= 4 is 22.6 Å². The molecule has 0 fully saturated rings. The average Bonchev–Trinajstić information content (AvgIpc) is 2.69. The molecule has 0 atom stereocenters. The number of aryl methyl sites for hydroxylation is 1. The molecule has 3 rings (SSSR count). The second-order valence-corrected chi connectivity index (χ2v) is 6.44. The van der Waals surface area contributed by atoms with Crippen molar-refractivity contribution in [3.05, 3.63) is 63.5 Å². The first kappa shape index (κ1) is 21.2. The molecule has 0 aliphatic carbocycles. The van der Waals surface area contributed by atoms with Gasteiger partial charge in [0.25, 0.3) is 0 Å². The standard InChI is InChI=1S/C21H18F3NO5/c1-11-12-8-9-16(28-2)19(29-3)18(12)30-20(27)13(11)10-17(26)25-15-7-5-4-6-14(15)21(22,23)24/h4-9H,10H2,1-3H3,(H,25,26). The SMILES string of the molecule is COc1ccc2c(C)c(CC(=O)Nc3ccccc3C(F)(F)F)c(=O)oc2c1OC. The van der Waals surface area contributed by atoms with E-state index in [4.69, 9.17) is 13.9 Å². The number of rotatable bonds is 5. The average molecular weight is 421 g/mol. The molecule has 0 saturated carbocycles. The fraction of sp³-hybridized carbons (Fsp3) is 0.238. The van der Waals surface area contributed by atoms with Crippen LogP contribution in [-0.4, -0.2) is 20.1 Å². The topological polar surface area (TPSA) is 77.8 Å². The first-order valence-electron chi connectivity index (χ1n) is 8.80. The van der Waals surface area contributed by atoms with Crippen LogP contribution in [0.15, 0.2) is 45.6 Å². The van der Waals surface area contributed by atoms with Crippen LogP contribution in [0.25, 0.3) is 11.0 Å². The van der Waals surface area contributed by atoms with E-state index in [1.807, 2.05) is 0 Å². The van der Waals surface area contributed by atoms with Crippen LogP contribution in [0, 0.1) is 6.92 Å². The van der Waals surface area contributed by atoms with E-state index in [1.54, 1.807) is 19.1 Å². The summed E-state index contributed by atoms with van der Waals surface area (Å²) < 4.78 is 55.2. The summed E-state index contributed by atoms with van der Waals surface area (Å²) in [5.41, 5.74) is -1.49. The number of methoxy groups -OCH3 is 2. The van der Waals surface area contributed by atoms with Gasteiger partial charge in [0.05, 0.1) is 37.5 Å². The fourth-order valence-electron chi connectivity index (χ4n) is 3.16. The minimum Gasteiger partial charge on any atom is -0.493 e. The summed E-state index contributed by atoms with van der Waals surface area (Å²) in [5.74, 6) is -0.186. The fourth-order valence-corrected chi connectivity index (χ4v) is 3.16. The number of para-hydroxylation sites is 1. The molecule has 1 aromatic heterocycles. The van der Waals surface area contributed by atoms with Gasteiger partial charge in [0.15, 0.2) is 11.3 Å². The highest BCUT2D eigenvalue weighted by molar-refractivity contribution is 5.95. The smallest absolute Gasteiger partial charge is 0.418 e. The van der Waals surface area contributed by atoms with E-state index >= 15 is 0 Å². The first-order chi connectivity index (χ1) is 14.2. The predicted molar refractivity (Wildman–Crippen MR) is 104 cm³/mol. The molecule has 6 nitrogen and oxygen atoms in total. The van der Waals surface area contributed by atoms with Gasteiger partial charge in [0, 0.05) is 5.39 Å². The number of amides is 1. The Bertz CT molecular complexity index is 1170. The van der Waals surface area contributed by atoms with E-state index in [0.717, 1.165) is 12.1 Å². The number of hydrogen-bond donors (Lipinski definition) is 1. The van der Waals surface area contributed by atoms with Crippen molar-refractivity contribution in [2.24, 2.45) is 0 Å². The summed E-state index contributed by atoms with van der Waals surface area (Å²) in [6.07, 6.45) is -5.08. The maximum absolute atomic E-state index is 13.1. The van der Waals surface area contributed by atoms with Crippen LogP contribution >= 0.6 is 0 Å². The molecule has 0 bridgehead atoms. The van der Waals surface area contributed by atoms with Gasteiger partial charge in [-0.05, 0) is 36.8 Å². The van der Waals surface area contributed by atoms with Crippen LogP contribution < -0.4 is 20.4 Å². The van der Waals surface area contributed by atoms with E-state index in [9.17, 15) is 22.8 Å². The van der Waals surface area contributed by atoms with Gasteiger partial charge < -0.3 is 19.2 Å². The Morgan fingerprint density at radius 3 is 2.43 bits per heavy atom. The lowest BCUT2D eigenvalue weighted by molar-refractivity contribution is -0.137. The molecule has 3 aromatic rings. The van der Waals surface area contributed by atoms with Gasteiger partial charge in [-0.2, -0.15) is 13.2 Å². The van der Waals surface area contributed by atoms with E-state index in [2.05, 4.69) is 5.32 Å². The molecule has 0 spiro atoms. The molecule has 1 heterocycles. The summed E-state index contributed by atoms with van der Waals surface area (Å²) >= 11 is 0. The number of benzene rings is 2. The number of halogens is 3. The van der Waals surface area contributed by atoms with Crippen LogP contribution in [-0.2, 0) is 17.4 Å². The molecule has 0 unspecified atom stereocenters. The third kappa shape index (κ3) is 3.96. The molecule has 0 radical (unpaired) electrons. The number of ether oxygens (including phenoxy) is 2. The van der Waals surface area contributed by atoms with Crippen LogP contribution in [0.5, 0.6) is 11.5 Å². The molecule has 0 aliphatic heterocycles. The monoisotopic (exact) mass is 421 g/mol. The molecule has 9 heteroatoms. The molecule has 0 aliphatic rings. The second kappa shape index (κ2) is 8.10. The molecular weight excluding hydrogens is 403 g/mol. The lowest BCUT2D eigenvalue weighted by Gasteiger charge is -2.14. The number of carbonyl (C=O) groups is 1. The van der Waals surface area contributed by atoms with Crippen LogP contribution in [0.3, 0.4) is 0 Å². The number of hydrogen-bond acceptors (Lipinski definition) is 5. The number of nitrogens with one attached hydrogen (secondary N) is 1. The van der Waals surface area contributed by atoms with Gasteiger partial charge >= 0.3 is 11.8 Å². The largest absolute Gasteiger partial charge is 0.493 e. The highest BCUT2D eigenvalue weighted by atomic mass is 19.4. The Labute approximate surface area is 169 Å². The summed E-state index contributed by atoms with van der Waals surface area (Å²) in [6, 6.07) is 7.88. The third-order valence-corrected chi connectivity index (χ3v) is 4.64. The minimum atomic E-state index is -4.63. The van der Waals surface area contributed by atoms with Crippen LogP contribution in [0.4, 0.5) is 18.9 Å². The maximum Gasteiger partial charge on any atom is 0.418 e. The Hall–Kier alpha value is -3.49. The predicted octanol–water partition coefficient (Wildman–Crippen LogP) is 4.32. The second-order valence-electron chi connectivity index (χ2n) is 6.44.